The molecule has 158 valence electrons. The van der Waals surface area contributed by atoms with Crippen LogP contribution in [0.15, 0.2) is 84.9 Å². The molecule has 1 heterocycles. The number of hydrogen-bond acceptors (Lipinski definition) is 3. The Hall–Kier alpha value is -3.44. The van der Waals surface area contributed by atoms with Crippen LogP contribution in [0.2, 0.25) is 0 Å². The van der Waals surface area contributed by atoms with Gasteiger partial charge in [0.2, 0.25) is 11.8 Å². The third-order valence-electron chi connectivity index (χ3n) is 5.60. The van der Waals surface area contributed by atoms with Gasteiger partial charge in [0.1, 0.15) is 0 Å². The maximum absolute atomic E-state index is 12.5. The van der Waals surface area contributed by atoms with Gasteiger partial charge in [-0.2, -0.15) is 0 Å². The molecule has 5 heteroatoms. The molecule has 0 aromatic heterocycles. The highest BCUT2D eigenvalue weighted by Gasteiger charge is 2.31. The van der Waals surface area contributed by atoms with E-state index in [1.54, 1.807) is 0 Å². The number of nitrogens with one attached hydrogen (secondary N) is 2. The Labute approximate surface area is 183 Å². The zero-order chi connectivity index (χ0) is 21.5. The molecule has 1 fully saturated rings. The summed E-state index contributed by atoms with van der Waals surface area (Å²) in [5, 5.41) is 5.83. The summed E-state index contributed by atoms with van der Waals surface area (Å²) in [4.78, 5) is 27.1. The summed E-state index contributed by atoms with van der Waals surface area (Å²) in [6.45, 7) is 2.43. The number of hydrogen-bond donors (Lipinski definition) is 2. The Morgan fingerprint density at radius 1 is 0.871 bits per heavy atom. The van der Waals surface area contributed by atoms with Crippen LogP contribution in [0.25, 0.3) is 11.1 Å². The van der Waals surface area contributed by atoms with Gasteiger partial charge in [0.25, 0.3) is 0 Å². The van der Waals surface area contributed by atoms with Gasteiger partial charge in [-0.15, -0.1) is 0 Å². The van der Waals surface area contributed by atoms with Crippen molar-refractivity contribution in [2.45, 2.75) is 25.6 Å². The second kappa shape index (κ2) is 10.0. The second-order valence-corrected chi connectivity index (χ2v) is 7.81. The first-order valence-corrected chi connectivity index (χ1v) is 10.7. The topological polar surface area (TPSA) is 61.4 Å². The molecule has 5 nitrogen and oxygen atoms in total. The summed E-state index contributed by atoms with van der Waals surface area (Å²) < 4.78 is 0. The molecule has 0 radical (unpaired) electrons. The fourth-order valence-corrected chi connectivity index (χ4v) is 3.89. The highest BCUT2D eigenvalue weighted by molar-refractivity contribution is 5.88. The van der Waals surface area contributed by atoms with Crippen LogP contribution >= 0.6 is 0 Å². The predicted molar refractivity (Wildman–Crippen MR) is 122 cm³/mol. The number of benzene rings is 3. The summed E-state index contributed by atoms with van der Waals surface area (Å²) >= 11 is 0. The minimum Gasteiger partial charge on any atom is -0.353 e. The van der Waals surface area contributed by atoms with Gasteiger partial charge < -0.3 is 10.6 Å². The number of carbonyl (C=O) groups is 2. The predicted octanol–water partition coefficient (Wildman–Crippen LogP) is 3.36. The summed E-state index contributed by atoms with van der Waals surface area (Å²) in [5.41, 5.74) is 4.51. The molecule has 2 amide bonds. The maximum atomic E-state index is 12.5. The summed E-state index contributed by atoms with van der Waals surface area (Å²) in [5.74, 6) is -0.197. The van der Waals surface area contributed by atoms with E-state index in [1.807, 2.05) is 48.5 Å². The number of nitrogens with zero attached hydrogens (tertiary/aromatic N) is 1. The average Bonchev–Trinajstić information content (AvgIpc) is 2.82. The van der Waals surface area contributed by atoms with Gasteiger partial charge in [0.05, 0.1) is 12.5 Å². The lowest BCUT2D eigenvalue weighted by molar-refractivity contribution is -0.134. The van der Waals surface area contributed by atoms with Crippen LogP contribution in [-0.4, -0.2) is 35.8 Å². The van der Waals surface area contributed by atoms with E-state index in [0.29, 0.717) is 19.6 Å². The smallest absolute Gasteiger partial charge is 0.237 e. The normalized spacial score (nSPS) is 16.5. The minimum absolute atomic E-state index is 0.0815. The molecule has 3 aromatic carbocycles. The van der Waals surface area contributed by atoms with E-state index in [9.17, 15) is 9.59 Å². The lowest BCUT2D eigenvalue weighted by Crippen LogP contribution is -2.56. The minimum atomic E-state index is -0.460. The Bertz CT molecular complexity index is 1000. The van der Waals surface area contributed by atoms with Gasteiger partial charge >= 0.3 is 0 Å². The van der Waals surface area contributed by atoms with Crippen molar-refractivity contribution in [2.24, 2.45) is 0 Å². The van der Waals surface area contributed by atoms with E-state index < -0.39 is 6.04 Å². The van der Waals surface area contributed by atoms with Crippen LogP contribution in [0.5, 0.6) is 0 Å². The first-order chi connectivity index (χ1) is 15.2. The summed E-state index contributed by atoms with van der Waals surface area (Å²) in [6, 6.07) is 28.0. The van der Waals surface area contributed by atoms with Crippen LogP contribution < -0.4 is 10.6 Å². The van der Waals surface area contributed by atoms with Gasteiger partial charge in [-0.25, -0.2) is 0 Å². The zero-order valence-electron chi connectivity index (χ0n) is 17.5. The molecule has 1 aliphatic heterocycles. The molecule has 4 rings (SSSR count). The van der Waals surface area contributed by atoms with Crippen LogP contribution in [0, 0.1) is 0 Å². The van der Waals surface area contributed by atoms with Crippen molar-refractivity contribution in [3.8, 4) is 11.1 Å². The van der Waals surface area contributed by atoms with E-state index in [1.165, 1.54) is 5.56 Å². The van der Waals surface area contributed by atoms with Crippen molar-refractivity contribution in [2.75, 3.05) is 13.1 Å². The SMILES string of the molecule is O=C(CC1C(=O)NCCN1Cc1ccc(-c2ccccc2)cc1)NCc1ccccc1. The van der Waals surface area contributed by atoms with Gasteiger partial charge in [-0.05, 0) is 22.3 Å². The van der Waals surface area contributed by atoms with Crippen LogP contribution in [0.3, 0.4) is 0 Å². The zero-order valence-corrected chi connectivity index (χ0v) is 17.5. The Morgan fingerprint density at radius 2 is 1.52 bits per heavy atom. The Kier molecular flexibility index (Phi) is 6.75. The summed E-state index contributed by atoms with van der Waals surface area (Å²) in [7, 11) is 0. The molecule has 1 saturated heterocycles. The van der Waals surface area contributed by atoms with E-state index >= 15 is 0 Å². The molecule has 0 saturated carbocycles. The number of piperazine rings is 1. The van der Waals surface area contributed by atoms with E-state index in [4.69, 9.17) is 0 Å². The van der Waals surface area contributed by atoms with Crippen LogP contribution in [0.1, 0.15) is 17.5 Å². The van der Waals surface area contributed by atoms with Crippen molar-refractivity contribution in [1.29, 1.82) is 0 Å². The van der Waals surface area contributed by atoms with Gasteiger partial charge in [-0.3, -0.25) is 14.5 Å². The van der Waals surface area contributed by atoms with Crippen molar-refractivity contribution < 1.29 is 9.59 Å². The summed E-state index contributed by atoms with van der Waals surface area (Å²) in [6.07, 6.45) is 0.154. The molecular formula is C26H27N3O2. The first kappa shape index (κ1) is 20.8. The van der Waals surface area contributed by atoms with Crippen molar-refractivity contribution in [3.63, 3.8) is 0 Å². The number of amides is 2. The Morgan fingerprint density at radius 3 is 2.23 bits per heavy atom. The average molecular weight is 414 g/mol. The Balaban J connectivity index is 1.38. The third kappa shape index (κ3) is 5.58. The van der Waals surface area contributed by atoms with E-state index in [2.05, 4.69) is 51.9 Å². The van der Waals surface area contributed by atoms with Crippen LogP contribution in [-0.2, 0) is 22.7 Å². The molecule has 0 spiro atoms. The standard InChI is InChI=1S/C26H27N3O2/c30-25(28-18-20-7-3-1-4-8-20)17-24-26(31)27-15-16-29(24)19-21-11-13-23(14-12-21)22-9-5-2-6-10-22/h1-14,24H,15-19H2,(H,27,31)(H,28,30). The molecule has 0 bridgehead atoms. The van der Waals surface area contributed by atoms with Crippen LogP contribution in [0.4, 0.5) is 0 Å². The fourth-order valence-electron chi connectivity index (χ4n) is 3.89. The molecule has 3 aromatic rings. The highest BCUT2D eigenvalue weighted by Crippen LogP contribution is 2.21. The van der Waals surface area contributed by atoms with E-state index in [0.717, 1.165) is 23.2 Å². The molecule has 1 aliphatic rings. The first-order valence-electron chi connectivity index (χ1n) is 10.7. The van der Waals surface area contributed by atoms with E-state index in [-0.39, 0.29) is 18.2 Å². The van der Waals surface area contributed by atoms with Gasteiger partial charge in [0.15, 0.2) is 0 Å². The van der Waals surface area contributed by atoms with Crippen molar-refractivity contribution >= 4 is 11.8 Å². The lowest BCUT2D eigenvalue weighted by atomic mass is 10.0. The van der Waals surface area contributed by atoms with Crippen molar-refractivity contribution in [1.82, 2.24) is 15.5 Å². The molecular weight excluding hydrogens is 386 g/mol. The molecule has 2 N–H and O–H groups in total. The largest absolute Gasteiger partial charge is 0.353 e. The monoisotopic (exact) mass is 413 g/mol. The lowest BCUT2D eigenvalue weighted by Gasteiger charge is -2.34. The van der Waals surface area contributed by atoms with Crippen molar-refractivity contribution in [3.05, 3.63) is 96.1 Å². The molecule has 0 aliphatic carbocycles. The van der Waals surface area contributed by atoms with Gasteiger partial charge in [-0.1, -0.05) is 84.9 Å². The molecule has 31 heavy (non-hydrogen) atoms. The second-order valence-electron chi connectivity index (χ2n) is 7.81. The van der Waals surface area contributed by atoms with Gasteiger partial charge in [0, 0.05) is 26.2 Å². The molecule has 1 unspecified atom stereocenters. The number of rotatable bonds is 7. The highest BCUT2D eigenvalue weighted by atomic mass is 16.2. The molecule has 1 atom stereocenters. The number of carbonyl (C=O) groups excluding carboxylic acids is 2. The quantitative estimate of drug-likeness (QED) is 0.624. The third-order valence-corrected chi connectivity index (χ3v) is 5.60. The maximum Gasteiger partial charge on any atom is 0.237 e. The fraction of sp³-hybridized carbons (Fsp3) is 0.231.